The van der Waals surface area contributed by atoms with Gasteiger partial charge in [0.15, 0.2) is 17.5 Å². The van der Waals surface area contributed by atoms with Crippen LogP contribution >= 0.6 is 0 Å². The highest BCUT2D eigenvalue weighted by Crippen LogP contribution is 2.36. The molecule has 0 aliphatic carbocycles. The number of hydrogen-bond donors (Lipinski definition) is 3. The Morgan fingerprint density at radius 3 is 2.14 bits per heavy atom. The van der Waals surface area contributed by atoms with Crippen LogP contribution in [0.4, 0.5) is 0 Å². The van der Waals surface area contributed by atoms with Gasteiger partial charge in [0.1, 0.15) is 0 Å². The van der Waals surface area contributed by atoms with Crippen LogP contribution in [0, 0.1) is 0 Å². The second kappa shape index (κ2) is 3.47. The van der Waals surface area contributed by atoms with Crippen molar-refractivity contribution in [1.29, 1.82) is 0 Å². The van der Waals surface area contributed by atoms with Gasteiger partial charge >= 0.3 is 5.97 Å². The van der Waals surface area contributed by atoms with Crippen LogP contribution in [0.1, 0.15) is 13.8 Å². The molecule has 0 aromatic rings. The van der Waals surface area contributed by atoms with Gasteiger partial charge in [-0.1, -0.05) is 0 Å². The number of carboxylic acid groups (broad SMARTS) is 1. The summed E-state index contributed by atoms with van der Waals surface area (Å²) >= 11 is 0. The first kappa shape index (κ1) is 11.4. The maximum absolute atomic E-state index is 10.8. The van der Waals surface area contributed by atoms with Crippen LogP contribution in [0.5, 0.6) is 0 Å². The molecular formula is C8H14O6. The molecule has 0 radical (unpaired) electrons. The van der Waals surface area contributed by atoms with Crippen LogP contribution < -0.4 is 0 Å². The van der Waals surface area contributed by atoms with E-state index in [4.69, 9.17) is 24.8 Å². The van der Waals surface area contributed by atoms with Crippen molar-refractivity contribution in [2.24, 2.45) is 0 Å². The predicted octanol–water partition coefficient (Wildman–Crippen LogP) is -1.05. The summed E-state index contributed by atoms with van der Waals surface area (Å²) in [5.41, 5.74) is -1.56. The van der Waals surface area contributed by atoms with Crippen LogP contribution in [0.25, 0.3) is 0 Å². The molecule has 14 heavy (non-hydrogen) atoms. The topological polar surface area (TPSA) is 96.2 Å². The van der Waals surface area contributed by atoms with Gasteiger partial charge in [-0.25, -0.2) is 4.79 Å². The van der Waals surface area contributed by atoms with Crippen molar-refractivity contribution in [2.45, 2.75) is 31.3 Å². The molecule has 0 amide bonds. The number of rotatable bonds is 3. The van der Waals surface area contributed by atoms with Gasteiger partial charge in [0.2, 0.25) is 0 Å². The molecular weight excluding hydrogens is 192 g/mol. The molecule has 0 aromatic heterocycles. The van der Waals surface area contributed by atoms with E-state index in [0.717, 1.165) is 0 Å². The molecule has 1 aliphatic rings. The summed E-state index contributed by atoms with van der Waals surface area (Å²) in [5.74, 6) is -2.38. The van der Waals surface area contributed by atoms with E-state index in [1.165, 1.54) is 13.8 Å². The normalized spacial score (nSPS) is 29.0. The Bertz CT molecular complexity index is 232. The lowest BCUT2D eigenvalue weighted by atomic mass is 9.99. The molecule has 0 saturated carbocycles. The Hall–Kier alpha value is -0.690. The maximum Gasteiger partial charge on any atom is 0.336 e. The van der Waals surface area contributed by atoms with Crippen molar-refractivity contribution >= 4 is 5.97 Å². The first-order valence-electron chi connectivity index (χ1n) is 4.19. The predicted molar refractivity (Wildman–Crippen MR) is 44.6 cm³/mol. The molecule has 1 heterocycles. The van der Waals surface area contributed by atoms with E-state index in [9.17, 15) is 4.79 Å². The molecule has 1 fully saturated rings. The van der Waals surface area contributed by atoms with Crippen molar-refractivity contribution < 1.29 is 29.6 Å². The first-order chi connectivity index (χ1) is 6.37. The Morgan fingerprint density at radius 2 is 1.86 bits per heavy atom. The van der Waals surface area contributed by atoms with Crippen LogP contribution in [-0.4, -0.2) is 52.0 Å². The Morgan fingerprint density at radius 1 is 1.36 bits per heavy atom. The fourth-order valence-corrected chi connectivity index (χ4v) is 1.51. The van der Waals surface area contributed by atoms with E-state index in [-0.39, 0.29) is 0 Å². The lowest BCUT2D eigenvalue weighted by molar-refractivity contribution is -0.179. The highest BCUT2D eigenvalue weighted by Gasteiger charge is 2.56. The number of aliphatic carboxylic acids is 1. The molecule has 1 saturated heterocycles. The summed E-state index contributed by atoms with van der Waals surface area (Å²) in [5, 5.41) is 26.9. The van der Waals surface area contributed by atoms with Crippen molar-refractivity contribution in [2.75, 3.05) is 13.2 Å². The summed E-state index contributed by atoms with van der Waals surface area (Å²) in [4.78, 5) is 10.8. The van der Waals surface area contributed by atoms with E-state index >= 15 is 0 Å². The highest BCUT2D eigenvalue weighted by molar-refractivity contribution is 5.74. The third kappa shape index (κ3) is 1.74. The zero-order valence-corrected chi connectivity index (χ0v) is 8.06. The van der Waals surface area contributed by atoms with Crippen molar-refractivity contribution in [3.63, 3.8) is 0 Å². The van der Waals surface area contributed by atoms with Gasteiger partial charge in [0.25, 0.3) is 0 Å². The number of aliphatic hydroxyl groups excluding tert-OH is 2. The highest BCUT2D eigenvalue weighted by atomic mass is 16.8. The smallest absolute Gasteiger partial charge is 0.336 e. The summed E-state index contributed by atoms with van der Waals surface area (Å²) < 4.78 is 10.3. The van der Waals surface area contributed by atoms with Crippen molar-refractivity contribution in [3.8, 4) is 0 Å². The first-order valence-corrected chi connectivity index (χ1v) is 4.19. The average Bonchev–Trinajstić information content (AvgIpc) is 2.38. The fraction of sp³-hybridized carbons (Fsp3) is 0.875. The summed E-state index contributed by atoms with van der Waals surface area (Å²) in [6.45, 7) is 1.83. The lowest BCUT2D eigenvalue weighted by Crippen LogP contribution is -2.50. The van der Waals surface area contributed by atoms with Crippen LogP contribution in [0.15, 0.2) is 0 Å². The zero-order valence-electron chi connectivity index (χ0n) is 8.06. The number of ether oxygens (including phenoxy) is 2. The van der Waals surface area contributed by atoms with Gasteiger partial charge < -0.3 is 24.8 Å². The van der Waals surface area contributed by atoms with Crippen molar-refractivity contribution in [3.05, 3.63) is 0 Å². The molecule has 1 unspecified atom stereocenters. The lowest BCUT2D eigenvalue weighted by Gasteiger charge is -2.26. The monoisotopic (exact) mass is 206 g/mol. The third-order valence-corrected chi connectivity index (χ3v) is 2.09. The van der Waals surface area contributed by atoms with Gasteiger partial charge in [0.05, 0.1) is 13.2 Å². The molecule has 0 aromatic carbocycles. The summed E-state index contributed by atoms with van der Waals surface area (Å²) in [7, 11) is 0. The minimum atomic E-state index is -1.56. The molecule has 0 spiro atoms. The molecule has 1 rings (SSSR count). The van der Waals surface area contributed by atoms with Crippen LogP contribution in [0.2, 0.25) is 0 Å². The Kier molecular flexibility index (Phi) is 2.82. The van der Waals surface area contributed by atoms with Gasteiger partial charge in [-0.2, -0.15) is 0 Å². The number of carbonyl (C=O) groups is 1. The van der Waals surface area contributed by atoms with Crippen LogP contribution in [-0.2, 0) is 14.3 Å². The van der Waals surface area contributed by atoms with Gasteiger partial charge in [-0.3, -0.25) is 0 Å². The standard InChI is InChI=1S/C8H14O6/c1-7(2)13-5(6(11)12)8(3-9,4-10)14-7/h5,9-10H,3-4H2,1-2H3,(H,11,12). The van der Waals surface area contributed by atoms with E-state index in [0.29, 0.717) is 0 Å². The average molecular weight is 206 g/mol. The molecule has 1 aliphatic heterocycles. The second-order valence-corrected chi connectivity index (χ2v) is 3.72. The second-order valence-electron chi connectivity index (χ2n) is 3.72. The van der Waals surface area contributed by atoms with E-state index < -0.39 is 36.7 Å². The quantitative estimate of drug-likeness (QED) is 0.545. The SMILES string of the molecule is CC1(C)OC(C(=O)O)C(CO)(CO)O1. The largest absolute Gasteiger partial charge is 0.479 e. The van der Waals surface area contributed by atoms with Gasteiger partial charge in [0, 0.05) is 0 Å². The third-order valence-electron chi connectivity index (χ3n) is 2.09. The molecule has 1 atom stereocenters. The minimum Gasteiger partial charge on any atom is -0.479 e. The summed E-state index contributed by atoms with van der Waals surface area (Å²) in [6, 6.07) is 0. The number of hydrogen-bond acceptors (Lipinski definition) is 5. The van der Waals surface area contributed by atoms with Gasteiger partial charge in [-0.05, 0) is 13.8 Å². The maximum atomic E-state index is 10.8. The van der Waals surface area contributed by atoms with E-state index in [1.54, 1.807) is 0 Å². The summed E-state index contributed by atoms with van der Waals surface area (Å²) in [6.07, 6.45) is -1.35. The molecule has 6 nitrogen and oxygen atoms in total. The molecule has 0 bridgehead atoms. The van der Waals surface area contributed by atoms with Crippen LogP contribution in [0.3, 0.4) is 0 Å². The molecule has 6 heteroatoms. The minimum absolute atomic E-state index is 0.607. The number of aliphatic hydroxyl groups is 2. The molecule has 82 valence electrons. The zero-order chi connectivity index (χ0) is 11.0. The fourth-order valence-electron chi connectivity index (χ4n) is 1.51. The van der Waals surface area contributed by atoms with E-state index in [1.807, 2.05) is 0 Å². The number of carboxylic acids is 1. The Labute approximate surface area is 81.1 Å². The van der Waals surface area contributed by atoms with E-state index in [2.05, 4.69) is 0 Å². The van der Waals surface area contributed by atoms with Gasteiger partial charge in [-0.15, -0.1) is 0 Å². The Balaban J connectivity index is 2.97. The molecule has 3 N–H and O–H groups in total. The van der Waals surface area contributed by atoms with Crippen molar-refractivity contribution in [1.82, 2.24) is 0 Å².